The van der Waals surface area contributed by atoms with Crippen LogP contribution in [-0.2, 0) is 20.2 Å². The fourth-order valence-corrected chi connectivity index (χ4v) is 2.50. The number of piperazine rings is 1. The smallest absolute Gasteiger partial charge is 0.265 e. The molecule has 98 valence electrons. The van der Waals surface area contributed by atoms with Crippen LogP contribution in [0.25, 0.3) is 0 Å². The van der Waals surface area contributed by atoms with E-state index in [1.807, 2.05) is 0 Å². The van der Waals surface area contributed by atoms with Crippen molar-refractivity contribution >= 4 is 20.2 Å². The van der Waals surface area contributed by atoms with E-state index >= 15 is 0 Å². The van der Waals surface area contributed by atoms with Crippen LogP contribution in [0.1, 0.15) is 0 Å². The van der Waals surface area contributed by atoms with E-state index in [1.165, 1.54) is 0 Å². The van der Waals surface area contributed by atoms with Crippen molar-refractivity contribution in [3.8, 4) is 0 Å². The Morgan fingerprint density at radius 1 is 0.750 bits per heavy atom. The fourth-order valence-electron chi connectivity index (χ4n) is 0.814. The van der Waals surface area contributed by atoms with E-state index in [4.69, 9.17) is 9.11 Å². The normalized spacial score (nSPS) is 17.4. The second-order valence-corrected chi connectivity index (χ2v) is 6.22. The maximum Gasteiger partial charge on any atom is 0.265 e. The van der Waals surface area contributed by atoms with Gasteiger partial charge in [0.05, 0.1) is 11.5 Å². The first-order valence-corrected chi connectivity index (χ1v) is 7.74. The predicted molar refractivity (Wildman–Crippen MR) is 58.6 cm³/mol. The highest BCUT2D eigenvalue weighted by Gasteiger charge is 2.11. The van der Waals surface area contributed by atoms with Gasteiger partial charge in [0.1, 0.15) is 0 Å². The Morgan fingerprint density at radius 2 is 1.00 bits per heavy atom. The van der Waals surface area contributed by atoms with E-state index in [9.17, 15) is 16.8 Å². The molecule has 1 aliphatic heterocycles. The van der Waals surface area contributed by atoms with Gasteiger partial charge in [0, 0.05) is 26.2 Å². The van der Waals surface area contributed by atoms with Crippen LogP contribution in [0, 0.1) is 0 Å². The summed E-state index contributed by atoms with van der Waals surface area (Å²) in [5.41, 5.74) is 0. The molecule has 0 aromatic rings. The SMILES string of the molecule is C1CNCCN1.O=S(=O)(O)CCS(=O)(=O)O. The first-order valence-electron chi connectivity index (χ1n) is 4.52. The first-order chi connectivity index (χ1) is 7.21. The highest BCUT2D eigenvalue weighted by molar-refractivity contribution is 7.89. The molecule has 0 radical (unpaired) electrons. The van der Waals surface area contributed by atoms with E-state index in [-0.39, 0.29) is 0 Å². The number of rotatable bonds is 3. The minimum atomic E-state index is -4.30. The minimum absolute atomic E-state index is 0.980. The molecule has 8 nitrogen and oxygen atoms in total. The van der Waals surface area contributed by atoms with E-state index in [0.717, 1.165) is 26.2 Å². The molecule has 4 N–H and O–H groups in total. The Balaban J connectivity index is 0.000000315. The third kappa shape index (κ3) is 13.7. The van der Waals surface area contributed by atoms with Gasteiger partial charge in [-0.05, 0) is 0 Å². The van der Waals surface area contributed by atoms with Gasteiger partial charge in [-0.3, -0.25) is 9.11 Å². The van der Waals surface area contributed by atoms with Crippen molar-refractivity contribution in [1.29, 1.82) is 0 Å². The van der Waals surface area contributed by atoms with Gasteiger partial charge in [-0.15, -0.1) is 0 Å². The summed E-state index contributed by atoms with van der Waals surface area (Å²) in [5.74, 6) is -1.96. The van der Waals surface area contributed by atoms with Crippen LogP contribution in [0.2, 0.25) is 0 Å². The van der Waals surface area contributed by atoms with Crippen molar-refractivity contribution in [3.63, 3.8) is 0 Å². The standard InChI is InChI=1S/C4H10N2.C2H6O6S2/c1-2-6-4-3-5-1;3-9(4,5)1-2-10(6,7)8/h5-6H,1-4H2;1-2H2,(H,3,4,5)(H,6,7,8). The van der Waals surface area contributed by atoms with E-state index in [2.05, 4.69) is 10.6 Å². The zero-order valence-electron chi connectivity index (χ0n) is 8.59. The second kappa shape index (κ2) is 7.14. The van der Waals surface area contributed by atoms with Crippen LogP contribution in [0.15, 0.2) is 0 Å². The van der Waals surface area contributed by atoms with Gasteiger partial charge in [-0.1, -0.05) is 0 Å². The number of hydrogen-bond acceptors (Lipinski definition) is 6. The summed E-state index contributed by atoms with van der Waals surface area (Å²) in [4.78, 5) is 0. The summed E-state index contributed by atoms with van der Waals surface area (Å²) >= 11 is 0. The summed E-state index contributed by atoms with van der Waals surface area (Å²) in [5, 5.41) is 6.44. The third-order valence-corrected chi connectivity index (χ3v) is 3.25. The Bertz CT molecular complexity index is 328. The molecule has 0 aromatic heterocycles. The highest BCUT2D eigenvalue weighted by Crippen LogP contribution is 1.86. The molecule has 1 heterocycles. The Morgan fingerprint density at radius 3 is 1.12 bits per heavy atom. The van der Waals surface area contributed by atoms with Crippen molar-refractivity contribution in [2.75, 3.05) is 37.7 Å². The lowest BCUT2D eigenvalue weighted by molar-refractivity contribution is 0.472. The Kier molecular flexibility index (Phi) is 7.03. The molecule has 0 bridgehead atoms. The first kappa shape index (κ1) is 15.7. The topological polar surface area (TPSA) is 133 Å². The molecule has 0 aromatic carbocycles. The molecule has 1 aliphatic rings. The van der Waals surface area contributed by atoms with Crippen LogP contribution < -0.4 is 10.6 Å². The zero-order chi connectivity index (χ0) is 12.7. The molecule has 0 atom stereocenters. The summed E-state index contributed by atoms with van der Waals surface area (Å²) in [6.45, 7) is 4.56. The van der Waals surface area contributed by atoms with Crippen LogP contribution in [0.4, 0.5) is 0 Å². The largest absolute Gasteiger partial charge is 0.314 e. The van der Waals surface area contributed by atoms with E-state index in [0.29, 0.717) is 0 Å². The van der Waals surface area contributed by atoms with Crippen molar-refractivity contribution in [3.05, 3.63) is 0 Å². The molecular formula is C6H16N2O6S2. The monoisotopic (exact) mass is 276 g/mol. The van der Waals surface area contributed by atoms with Crippen molar-refractivity contribution < 1.29 is 25.9 Å². The van der Waals surface area contributed by atoms with Crippen molar-refractivity contribution in [1.82, 2.24) is 10.6 Å². The molecular weight excluding hydrogens is 260 g/mol. The molecule has 16 heavy (non-hydrogen) atoms. The molecule has 1 fully saturated rings. The van der Waals surface area contributed by atoms with Crippen LogP contribution in [0.5, 0.6) is 0 Å². The molecule has 0 spiro atoms. The van der Waals surface area contributed by atoms with Gasteiger partial charge in [-0.25, -0.2) is 0 Å². The van der Waals surface area contributed by atoms with Gasteiger partial charge in [-0.2, -0.15) is 16.8 Å². The third-order valence-electron chi connectivity index (χ3n) is 1.56. The molecule has 1 saturated heterocycles. The molecule has 10 heteroatoms. The van der Waals surface area contributed by atoms with Crippen molar-refractivity contribution in [2.24, 2.45) is 0 Å². The van der Waals surface area contributed by atoms with Gasteiger partial charge in [0.2, 0.25) is 0 Å². The summed E-state index contributed by atoms with van der Waals surface area (Å²) in [7, 11) is -8.59. The van der Waals surface area contributed by atoms with Crippen LogP contribution >= 0.6 is 0 Å². The molecule has 0 saturated carbocycles. The predicted octanol–water partition coefficient (Wildman–Crippen LogP) is -2.06. The molecule has 1 rings (SSSR count). The lowest BCUT2D eigenvalue weighted by atomic mass is 10.4. The maximum absolute atomic E-state index is 9.86. The van der Waals surface area contributed by atoms with Crippen LogP contribution in [-0.4, -0.2) is 63.6 Å². The summed E-state index contributed by atoms with van der Waals surface area (Å²) < 4.78 is 55.4. The lowest BCUT2D eigenvalue weighted by Crippen LogP contribution is -2.39. The number of hydrogen-bond donors (Lipinski definition) is 4. The Labute approximate surface area is 94.9 Å². The second-order valence-electron chi connectivity index (χ2n) is 3.07. The summed E-state index contributed by atoms with van der Waals surface area (Å²) in [6, 6.07) is 0. The number of nitrogens with one attached hydrogen (secondary N) is 2. The summed E-state index contributed by atoms with van der Waals surface area (Å²) in [6.07, 6.45) is 0. The quantitative estimate of drug-likeness (QED) is 0.433. The molecule has 0 unspecified atom stereocenters. The maximum atomic E-state index is 9.86. The average molecular weight is 276 g/mol. The molecule has 0 aliphatic carbocycles. The Hall–Kier alpha value is -0.260. The molecule has 0 amide bonds. The minimum Gasteiger partial charge on any atom is -0.314 e. The van der Waals surface area contributed by atoms with Crippen LogP contribution in [0.3, 0.4) is 0 Å². The van der Waals surface area contributed by atoms with Crippen molar-refractivity contribution in [2.45, 2.75) is 0 Å². The lowest BCUT2D eigenvalue weighted by Gasteiger charge is -2.11. The van der Waals surface area contributed by atoms with Gasteiger partial charge in [0.25, 0.3) is 20.2 Å². The van der Waals surface area contributed by atoms with Gasteiger partial charge >= 0.3 is 0 Å². The van der Waals surface area contributed by atoms with E-state index < -0.39 is 31.7 Å². The highest BCUT2D eigenvalue weighted by atomic mass is 32.2. The zero-order valence-corrected chi connectivity index (χ0v) is 10.2. The van der Waals surface area contributed by atoms with Gasteiger partial charge in [0.15, 0.2) is 0 Å². The van der Waals surface area contributed by atoms with Gasteiger partial charge < -0.3 is 10.6 Å². The average Bonchev–Trinajstić information content (AvgIpc) is 2.17. The fraction of sp³-hybridized carbons (Fsp3) is 1.00. The van der Waals surface area contributed by atoms with E-state index in [1.54, 1.807) is 0 Å².